The van der Waals surface area contributed by atoms with E-state index in [9.17, 15) is 57.5 Å². The van der Waals surface area contributed by atoms with Gasteiger partial charge in [-0.25, -0.2) is 13.6 Å². The van der Waals surface area contributed by atoms with Crippen molar-refractivity contribution in [1.82, 2.24) is 0 Å². The van der Waals surface area contributed by atoms with E-state index in [1.165, 1.54) is 0 Å². The van der Waals surface area contributed by atoms with Gasteiger partial charge in [0.05, 0.1) is 0 Å². The molecule has 0 bridgehead atoms. The minimum Gasteiger partial charge on any atom is -0.447 e. The van der Waals surface area contributed by atoms with Crippen LogP contribution in [0.25, 0.3) is 0 Å². The summed E-state index contributed by atoms with van der Waals surface area (Å²) in [6, 6.07) is 0. The van der Waals surface area contributed by atoms with Crippen LogP contribution in [0.4, 0.5) is 57.5 Å². The normalized spacial score (nSPS) is 15.9. The first-order valence-corrected chi connectivity index (χ1v) is 6.39. The van der Waals surface area contributed by atoms with Crippen molar-refractivity contribution in [1.29, 1.82) is 0 Å². The molecule has 26 heavy (non-hydrogen) atoms. The maximum absolute atomic E-state index is 13.3. The first-order chi connectivity index (χ1) is 11.3. The molecule has 0 heterocycles. The maximum atomic E-state index is 13.3. The Morgan fingerprint density at radius 2 is 1.31 bits per heavy atom. The quantitative estimate of drug-likeness (QED) is 0.554. The molecule has 0 fully saturated rings. The van der Waals surface area contributed by atoms with Crippen molar-refractivity contribution in [2.45, 2.75) is 61.9 Å². The minimum atomic E-state index is -7.56. The summed E-state index contributed by atoms with van der Waals surface area (Å²) in [5.41, 5.74) is 4.45. The van der Waals surface area contributed by atoms with E-state index in [1.807, 2.05) is 0 Å². The van der Waals surface area contributed by atoms with Crippen LogP contribution in [-0.2, 0) is 4.74 Å². The molecule has 1 amide bonds. The molecule has 0 rings (SSSR count). The number of primary amides is 1. The summed E-state index contributed by atoms with van der Waals surface area (Å²) < 4.78 is 158. The SMILES string of the molecule is CC(CCC(F)(F)C(F)(F)C(F)(F)C(F)(F)C(F)(F)C(F)F)OC(N)=O. The van der Waals surface area contributed by atoms with Gasteiger partial charge in [0.1, 0.15) is 6.10 Å². The Balaban J connectivity index is 5.70. The summed E-state index contributed by atoms with van der Waals surface area (Å²) in [4.78, 5) is 10.3. The molecule has 0 aliphatic heterocycles. The van der Waals surface area contributed by atoms with Crippen molar-refractivity contribution >= 4 is 6.09 Å². The first-order valence-electron chi connectivity index (χ1n) is 6.39. The fourth-order valence-corrected chi connectivity index (χ4v) is 1.57. The molecule has 0 saturated carbocycles. The summed E-state index contributed by atoms with van der Waals surface area (Å²) in [5.74, 6) is -35.3. The summed E-state index contributed by atoms with van der Waals surface area (Å²) >= 11 is 0. The molecule has 0 aromatic heterocycles. The second-order valence-corrected chi connectivity index (χ2v) is 5.14. The lowest BCUT2D eigenvalue weighted by atomic mass is 9.92. The van der Waals surface area contributed by atoms with E-state index in [1.54, 1.807) is 0 Å². The molecule has 2 N–H and O–H groups in total. The standard InChI is InChI=1S/C11H11F12NO2/c1-4(26-6(24)25)2-3-7(14,15)9(18,19)11(22,23)10(20,21)8(16,17)5(12)13/h4-5H,2-3H2,1H3,(H2,24,25). The molecule has 0 spiro atoms. The van der Waals surface area contributed by atoms with E-state index >= 15 is 0 Å². The number of alkyl halides is 12. The topological polar surface area (TPSA) is 52.3 Å². The van der Waals surface area contributed by atoms with Gasteiger partial charge in [-0.05, 0) is 13.3 Å². The van der Waals surface area contributed by atoms with Gasteiger partial charge in [0.25, 0.3) is 0 Å². The van der Waals surface area contributed by atoms with Crippen molar-refractivity contribution < 1.29 is 62.2 Å². The van der Waals surface area contributed by atoms with Gasteiger partial charge in [0.2, 0.25) is 0 Å². The highest BCUT2D eigenvalue weighted by Gasteiger charge is 2.87. The van der Waals surface area contributed by atoms with E-state index in [0.717, 1.165) is 6.92 Å². The summed E-state index contributed by atoms with van der Waals surface area (Å²) in [6.07, 6.45) is -12.4. The predicted octanol–water partition coefficient (Wildman–Crippen LogP) is 4.69. The third-order valence-corrected chi connectivity index (χ3v) is 3.12. The van der Waals surface area contributed by atoms with Gasteiger partial charge in [-0.1, -0.05) is 0 Å². The molecule has 15 heteroatoms. The molecule has 156 valence electrons. The van der Waals surface area contributed by atoms with Crippen LogP contribution in [0.1, 0.15) is 19.8 Å². The lowest BCUT2D eigenvalue weighted by Gasteiger charge is -2.39. The van der Waals surface area contributed by atoms with Gasteiger partial charge in [-0.2, -0.15) is 43.9 Å². The van der Waals surface area contributed by atoms with Crippen LogP contribution in [0.15, 0.2) is 0 Å². The Hall–Kier alpha value is -1.57. The van der Waals surface area contributed by atoms with Gasteiger partial charge in [0, 0.05) is 6.42 Å². The Labute approximate surface area is 137 Å². The molecule has 1 atom stereocenters. The average Bonchev–Trinajstić information content (AvgIpc) is 2.43. The highest BCUT2D eigenvalue weighted by molar-refractivity contribution is 5.64. The van der Waals surface area contributed by atoms with E-state index in [2.05, 4.69) is 10.5 Å². The first kappa shape index (κ1) is 24.4. The van der Waals surface area contributed by atoms with Crippen molar-refractivity contribution in [3.05, 3.63) is 0 Å². The van der Waals surface area contributed by atoms with Crippen molar-refractivity contribution in [3.63, 3.8) is 0 Å². The number of ether oxygens (including phenoxy) is 1. The van der Waals surface area contributed by atoms with E-state index in [4.69, 9.17) is 0 Å². The number of hydrogen-bond donors (Lipinski definition) is 1. The van der Waals surface area contributed by atoms with Gasteiger partial charge in [-0.15, -0.1) is 0 Å². The molecule has 0 aromatic rings. The number of halogens is 12. The number of nitrogens with two attached hydrogens (primary N) is 1. The number of carbonyl (C=O) groups excluding carboxylic acids is 1. The Morgan fingerprint density at radius 1 is 0.885 bits per heavy atom. The maximum Gasteiger partial charge on any atom is 0.404 e. The minimum absolute atomic E-state index is 0.788. The van der Waals surface area contributed by atoms with Gasteiger partial charge in [0.15, 0.2) is 0 Å². The lowest BCUT2D eigenvalue weighted by molar-refractivity contribution is -0.413. The van der Waals surface area contributed by atoms with Crippen LogP contribution >= 0.6 is 0 Å². The highest BCUT2D eigenvalue weighted by Crippen LogP contribution is 2.58. The van der Waals surface area contributed by atoms with Crippen LogP contribution in [0, 0.1) is 0 Å². The van der Waals surface area contributed by atoms with Crippen LogP contribution in [-0.4, -0.2) is 48.2 Å². The van der Waals surface area contributed by atoms with Crippen LogP contribution in [0.5, 0.6) is 0 Å². The predicted molar refractivity (Wildman–Crippen MR) is 60.1 cm³/mol. The lowest BCUT2D eigenvalue weighted by Crippen LogP contribution is -2.68. The largest absolute Gasteiger partial charge is 0.447 e. The molecule has 0 radical (unpaired) electrons. The highest BCUT2D eigenvalue weighted by atomic mass is 19.4. The third kappa shape index (κ3) is 4.05. The molecule has 3 nitrogen and oxygen atoms in total. The smallest absolute Gasteiger partial charge is 0.404 e. The van der Waals surface area contributed by atoms with Crippen LogP contribution in [0.2, 0.25) is 0 Å². The number of hydrogen-bond acceptors (Lipinski definition) is 2. The van der Waals surface area contributed by atoms with E-state index in [0.29, 0.717) is 0 Å². The second kappa shape index (κ2) is 7.21. The summed E-state index contributed by atoms with van der Waals surface area (Å²) in [7, 11) is 0. The summed E-state index contributed by atoms with van der Waals surface area (Å²) in [5, 5.41) is 0. The van der Waals surface area contributed by atoms with E-state index in [-0.39, 0.29) is 0 Å². The molecule has 0 aliphatic rings. The fourth-order valence-electron chi connectivity index (χ4n) is 1.57. The average molecular weight is 417 g/mol. The zero-order valence-electron chi connectivity index (χ0n) is 12.5. The molecular weight excluding hydrogens is 406 g/mol. The molecular formula is C11H11F12NO2. The molecule has 0 saturated heterocycles. The number of carbonyl (C=O) groups is 1. The zero-order chi connectivity index (χ0) is 21.4. The van der Waals surface area contributed by atoms with Gasteiger partial charge >= 0.3 is 42.1 Å². The van der Waals surface area contributed by atoms with Crippen molar-refractivity contribution in [3.8, 4) is 0 Å². The summed E-state index contributed by atoms with van der Waals surface area (Å²) in [6.45, 7) is 0.788. The monoisotopic (exact) mass is 417 g/mol. The number of amides is 1. The Morgan fingerprint density at radius 3 is 1.65 bits per heavy atom. The molecule has 0 aromatic carbocycles. The zero-order valence-corrected chi connectivity index (χ0v) is 12.5. The second-order valence-electron chi connectivity index (χ2n) is 5.14. The Bertz CT molecular complexity index is 507. The number of rotatable bonds is 9. The van der Waals surface area contributed by atoms with Gasteiger partial charge in [-0.3, -0.25) is 0 Å². The fraction of sp³-hybridized carbons (Fsp3) is 0.909. The molecule has 0 aliphatic carbocycles. The van der Waals surface area contributed by atoms with Gasteiger partial charge < -0.3 is 10.5 Å². The van der Waals surface area contributed by atoms with E-state index < -0.39 is 61.1 Å². The van der Waals surface area contributed by atoms with Crippen LogP contribution in [0.3, 0.4) is 0 Å². The van der Waals surface area contributed by atoms with Crippen molar-refractivity contribution in [2.75, 3.05) is 0 Å². The Kier molecular flexibility index (Phi) is 6.78. The third-order valence-electron chi connectivity index (χ3n) is 3.12. The van der Waals surface area contributed by atoms with Crippen LogP contribution < -0.4 is 5.73 Å². The molecule has 1 unspecified atom stereocenters. The van der Waals surface area contributed by atoms with Crippen molar-refractivity contribution in [2.24, 2.45) is 5.73 Å².